The summed E-state index contributed by atoms with van der Waals surface area (Å²) in [7, 11) is 0. The van der Waals surface area contributed by atoms with E-state index in [1.807, 2.05) is 91.0 Å². The lowest BCUT2D eigenvalue weighted by Crippen LogP contribution is -2.31. The third-order valence-electron chi connectivity index (χ3n) is 9.41. The Balaban J connectivity index is 0.994. The molecule has 2 heterocycles. The molecular weight excluding hydrogens is 727 g/mol. The second-order valence-electron chi connectivity index (χ2n) is 13.5. The summed E-state index contributed by atoms with van der Waals surface area (Å²) in [4.78, 5) is 25.0. The first kappa shape index (κ1) is 38.4. The fraction of sp³-hybridized carbons (Fsp3) is 0.233. The maximum Gasteiger partial charge on any atom is 0.224 e. The van der Waals surface area contributed by atoms with E-state index >= 15 is 0 Å². The van der Waals surface area contributed by atoms with Crippen LogP contribution in [-0.2, 0) is 32.2 Å². The summed E-state index contributed by atoms with van der Waals surface area (Å²) in [5.41, 5.74) is 13.5. The first-order chi connectivity index (χ1) is 27.4. The molecule has 0 radical (unpaired) electrons. The average molecular weight is 770 g/mol. The van der Waals surface area contributed by atoms with Gasteiger partial charge in [0.05, 0.1) is 35.9 Å². The zero-order valence-corrected chi connectivity index (χ0v) is 31.5. The molecule has 0 unspecified atom stereocenters. The number of aliphatic hydroxyl groups is 1. The van der Waals surface area contributed by atoms with Gasteiger partial charge in [0.15, 0.2) is 6.29 Å². The number of thioether (sulfide) groups is 1. The first-order valence-corrected chi connectivity index (χ1v) is 19.5. The van der Waals surface area contributed by atoms with Crippen molar-refractivity contribution < 1.29 is 24.2 Å². The number of aliphatic hydroxyl groups excluding tert-OH is 1. The highest BCUT2D eigenvalue weighted by molar-refractivity contribution is 7.99. The zero-order valence-electron chi connectivity index (χ0n) is 30.7. The van der Waals surface area contributed by atoms with Gasteiger partial charge < -0.3 is 30.9 Å². The molecule has 0 spiro atoms. The van der Waals surface area contributed by atoms with E-state index in [4.69, 9.17) is 15.2 Å². The molecule has 1 fully saturated rings. The van der Waals surface area contributed by atoms with Gasteiger partial charge in [0, 0.05) is 37.1 Å². The lowest BCUT2D eigenvalue weighted by Gasteiger charge is -2.36. The van der Waals surface area contributed by atoms with Gasteiger partial charge in [0.2, 0.25) is 17.0 Å². The number of anilines is 2. The molecule has 7 rings (SSSR count). The molecule has 5 aromatic carbocycles. The molecule has 5 N–H and O–H groups in total. The van der Waals surface area contributed by atoms with Crippen molar-refractivity contribution >= 4 is 35.0 Å². The minimum atomic E-state index is -0.642. The van der Waals surface area contributed by atoms with Crippen LogP contribution >= 0.6 is 11.8 Å². The second kappa shape index (κ2) is 18.7. The third-order valence-corrected chi connectivity index (χ3v) is 10.5. The number of para-hydroxylation sites is 3. The van der Waals surface area contributed by atoms with E-state index in [1.54, 1.807) is 28.9 Å². The number of tetrazole rings is 1. The van der Waals surface area contributed by atoms with Gasteiger partial charge >= 0.3 is 0 Å². The van der Waals surface area contributed by atoms with Gasteiger partial charge in [-0.25, -0.2) is 0 Å². The number of hydrogen-bond donors (Lipinski definition) is 4. The van der Waals surface area contributed by atoms with E-state index in [-0.39, 0.29) is 43.5 Å². The Hall–Kier alpha value is -5.86. The monoisotopic (exact) mass is 769 g/mol. The van der Waals surface area contributed by atoms with Crippen molar-refractivity contribution in [3.05, 3.63) is 150 Å². The van der Waals surface area contributed by atoms with Gasteiger partial charge in [-0.1, -0.05) is 103 Å². The smallest absolute Gasteiger partial charge is 0.224 e. The number of carbonyl (C=O) groups is 2. The average Bonchev–Trinajstić information content (AvgIpc) is 3.72. The van der Waals surface area contributed by atoms with Crippen molar-refractivity contribution in [1.29, 1.82) is 0 Å². The highest BCUT2D eigenvalue weighted by atomic mass is 32.2. The molecule has 286 valence electrons. The Morgan fingerprint density at radius 1 is 0.804 bits per heavy atom. The van der Waals surface area contributed by atoms with Crippen molar-refractivity contribution in [1.82, 2.24) is 25.5 Å². The topological polar surface area (TPSA) is 167 Å². The summed E-state index contributed by atoms with van der Waals surface area (Å²) in [6, 6.07) is 40.8. The van der Waals surface area contributed by atoms with E-state index in [2.05, 4.69) is 38.3 Å². The number of nitrogens with one attached hydrogen (secondary N) is 2. The number of carbonyl (C=O) groups excluding carboxylic acids is 2. The molecule has 0 saturated carbocycles. The van der Waals surface area contributed by atoms with Crippen LogP contribution in [0.5, 0.6) is 0 Å². The van der Waals surface area contributed by atoms with E-state index in [0.717, 1.165) is 39.1 Å². The number of amides is 2. The fourth-order valence-electron chi connectivity index (χ4n) is 6.44. The number of hydrogen-bond acceptors (Lipinski definition) is 10. The van der Waals surface area contributed by atoms with Crippen molar-refractivity contribution in [2.45, 2.75) is 62.5 Å². The lowest BCUT2D eigenvalue weighted by molar-refractivity contribution is -0.245. The highest BCUT2D eigenvalue weighted by Gasteiger charge is 2.33. The van der Waals surface area contributed by atoms with Crippen LogP contribution < -0.4 is 16.4 Å². The summed E-state index contributed by atoms with van der Waals surface area (Å²) < 4.78 is 15.0. The molecule has 0 bridgehead atoms. The molecule has 1 aliphatic heterocycles. The molecule has 1 saturated heterocycles. The van der Waals surface area contributed by atoms with E-state index in [1.165, 1.54) is 11.8 Å². The zero-order chi connectivity index (χ0) is 38.7. The van der Waals surface area contributed by atoms with Crippen molar-refractivity contribution in [2.75, 3.05) is 16.8 Å². The molecule has 12 nitrogen and oxygen atoms in total. The summed E-state index contributed by atoms with van der Waals surface area (Å²) in [5, 5.41) is 28.4. The molecule has 1 aliphatic rings. The first-order valence-electron chi connectivity index (χ1n) is 18.5. The fourth-order valence-corrected chi connectivity index (χ4v) is 7.35. The normalized spacial score (nSPS) is 16.6. The summed E-state index contributed by atoms with van der Waals surface area (Å²) in [6.07, 6.45) is 0.419. The number of nitrogen functional groups attached to an aromatic ring is 1. The van der Waals surface area contributed by atoms with Gasteiger partial charge in [-0.15, -0.1) is 5.10 Å². The predicted octanol–water partition coefficient (Wildman–Crippen LogP) is 7.17. The number of benzene rings is 5. The Bertz CT molecular complexity index is 2230. The number of aromatic nitrogens is 4. The van der Waals surface area contributed by atoms with Crippen LogP contribution in [0.1, 0.15) is 60.3 Å². The highest BCUT2D eigenvalue weighted by Crippen LogP contribution is 2.40. The van der Waals surface area contributed by atoms with Gasteiger partial charge in [-0.2, -0.15) is 4.68 Å². The van der Waals surface area contributed by atoms with E-state index in [9.17, 15) is 14.7 Å². The van der Waals surface area contributed by atoms with E-state index < -0.39 is 6.29 Å². The Kier molecular flexibility index (Phi) is 12.8. The molecule has 1 aromatic heterocycles. The quantitative estimate of drug-likeness (QED) is 0.0622. The van der Waals surface area contributed by atoms with Crippen LogP contribution in [-0.4, -0.2) is 49.0 Å². The predicted molar refractivity (Wildman–Crippen MR) is 215 cm³/mol. The van der Waals surface area contributed by atoms with Crippen LogP contribution in [0.3, 0.4) is 0 Å². The number of ether oxygens (including phenoxy) is 2. The number of rotatable bonds is 15. The van der Waals surface area contributed by atoms with Crippen molar-refractivity contribution in [2.24, 2.45) is 0 Å². The summed E-state index contributed by atoms with van der Waals surface area (Å²) in [5.74, 6) is 0.292. The van der Waals surface area contributed by atoms with Crippen LogP contribution in [0.4, 0.5) is 11.4 Å². The van der Waals surface area contributed by atoms with E-state index in [0.29, 0.717) is 41.7 Å². The maximum absolute atomic E-state index is 12.7. The van der Waals surface area contributed by atoms with Crippen LogP contribution in [0.15, 0.2) is 133 Å². The Labute approximate surface area is 329 Å². The van der Waals surface area contributed by atoms with Crippen molar-refractivity contribution in [3.8, 4) is 16.8 Å². The van der Waals surface area contributed by atoms with Crippen molar-refractivity contribution in [3.63, 3.8) is 0 Å². The van der Waals surface area contributed by atoms with Crippen LogP contribution in [0.2, 0.25) is 0 Å². The minimum absolute atomic E-state index is 0.0283. The minimum Gasteiger partial charge on any atom is -0.397 e. The summed E-state index contributed by atoms with van der Waals surface area (Å²) >= 11 is 1.53. The van der Waals surface area contributed by atoms with Gasteiger partial charge in [-0.3, -0.25) is 9.59 Å². The molecule has 0 aliphatic carbocycles. The molecule has 3 atom stereocenters. The SMILES string of the molecule is Nc1ccccc1NC(=O)CCCC(=O)NCc1cccc(-c2cccc([C@H]3O[C@@H](CSc4nnnn4-c4ccccc4)C[C@@H](c4ccc(CO)cc4)O3)c2)c1. The molecule has 56 heavy (non-hydrogen) atoms. The third kappa shape index (κ3) is 10.1. The van der Waals surface area contributed by atoms with Crippen LogP contribution in [0, 0.1) is 0 Å². The molecule has 2 amide bonds. The van der Waals surface area contributed by atoms with Gasteiger partial charge in [-0.05, 0) is 81.1 Å². The van der Waals surface area contributed by atoms with Crippen LogP contribution in [0.25, 0.3) is 16.8 Å². The van der Waals surface area contributed by atoms with Gasteiger partial charge in [0.25, 0.3) is 0 Å². The number of nitrogens with two attached hydrogens (primary N) is 1. The molecular formula is C43H43N7O5S. The second-order valence-corrected chi connectivity index (χ2v) is 14.4. The Morgan fingerprint density at radius 2 is 1.55 bits per heavy atom. The largest absolute Gasteiger partial charge is 0.397 e. The standard InChI is InChI=1S/C43H43N7O5S/c44-37-15-4-5-16-38(37)46-41(53)18-8-17-40(52)45-26-30-9-6-10-32(23-30)33-11-7-12-34(24-33)42-54-36(25-39(55-42)31-21-19-29(27-51)20-22-31)28-56-43-47-48-49-50(43)35-13-2-1-3-14-35/h1-7,9-16,19-24,36,39,42,51H,8,17-18,25-28,44H2,(H,45,52)(H,46,53)/t36-,39+,42+/m1/s1. The molecule has 13 heteroatoms. The summed E-state index contributed by atoms with van der Waals surface area (Å²) in [6.45, 7) is 0.330. The Morgan fingerprint density at radius 3 is 2.36 bits per heavy atom. The maximum atomic E-state index is 12.7. The lowest BCUT2D eigenvalue weighted by atomic mass is 9.99. The molecule has 6 aromatic rings. The van der Waals surface area contributed by atoms with Gasteiger partial charge in [0.1, 0.15) is 0 Å². The number of nitrogens with zero attached hydrogens (tertiary/aromatic N) is 4.